The zero-order valence-corrected chi connectivity index (χ0v) is 22.6. The average molecular weight is 527 g/mol. The fourth-order valence-electron chi connectivity index (χ4n) is 5.80. The summed E-state index contributed by atoms with van der Waals surface area (Å²) in [6.07, 6.45) is 7.04. The Balaban J connectivity index is 1.55. The number of hydrogen-bond donors (Lipinski definition) is 3. The van der Waals surface area contributed by atoms with Crippen molar-refractivity contribution < 1.29 is 14.1 Å². The van der Waals surface area contributed by atoms with Gasteiger partial charge in [0.25, 0.3) is 5.91 Å². The van der Waals surface area contributed by atoms with Gasteiger partial charge in [-0.3, -0.25) is 4.79 Å². The third-order valence-electron chi connectivity index (χ3n) is 8.28. The molecular formula is C27H38N6O3S. The highest BCUT2D eigenvalue weighted by Gasteiger charge is 2.51. The number of fused-ring (bicyclic) bond motifs is 7. The summed E-state index contributed by atoms with van der Waals surface area (Å²) in [6.45, 7) is 4.28. The molecule has 2 fully saturated rings. The highest BCUT2D eigenvalue weighted by molar-refractivity contribution is 8.01. The summed E-state index contributed by atoms with van der Waals surface area (Å²) < 4.78 is 14.7. The van der Waals surface area contributed by atoms with Crippen molar-refractivity contribution in [2.24, 2.45) is 11.3 Å². The van der Waals surface area contributed by atoms with Crippen LogP contribution in [-0.2, 0) is 9.71 Å². The number of anilines is 4. The largest absolute Gasteiger partial charge is 0.395 e. The number of hydrogen-bond acceptors (Lipinski definition) is 7. The van der Waals surface area contributed by atoms with E-state index in [2.05, 4.69) is 31.4 Å². The topological polar surface area (TPSA) is 111 Å². The maximum Gasteiger partial charge on any atom is 0.258 e. The van der Waals surface area contributed by atoms with Crippen molar-refractivity contribution in [1.29, 1.82) is 0 Å². The number of benzene rings is 1. The molecule has 2 atom stereocenters. The monoisotopic (exact) mass is 526 g/mol. The minimum Gasteiger partial charge on any atom is -0.395 e. The molecule has 5 rings (SSSR count). The molecule has 37 heavy (non-hydrogen) atoms. The lowest BCUT2D eigenvalue weighted by Crippen LogP contribution is -2.42. The smallest absolute Gasteiger partial charge is 0.258 e. The van der Waals surface area contributed by atoms with E-state index in [0.29, 0.717) is 34.3 Å². The van der Waals surface area contributed by atoms with Crippen LogP contribution in [0.4, 0.5) is 23.1 Å². The van der Waals surface area contributed by atoms with Crippen molar-refractivity contribution >= 4 is 44.6 Å². The van der Waals surface area contributed by atoms with Crippen molar-refractivity contribution in [2.45, 2.75) is 45.4 Å². The van der Waals surface area contributed by atoms with Gasteiger partial charge in [-0.15, -0.1) is 0 Å². The second-order valence-corrected chi connectivity index (χ2v) is 13.3. The van der Waals surface area contributed by atoms with E-state index in [9.17, 15) is 14.1 Å². The number of nitrogens with zero attached hydrogens (tertiary/aromatic N) is 4. The predicted octanol–water partition coefficient (Wildman–Crippen LogP) is 3.30. The van der Waals surface area contributed by atoms with Gasteiger partial charge in [0.05, 0.1) is 29.3 Å². The van der Waals surface area contributed by atoms with Crippen LogP contribution in [0.15, 0.2) is 24.3 Å². The van der Waals surface area contributed by atoms with Gasteiger partial charge in [-0.1, -0.05) is 6.42 Å². The molecule has 3 heterocycles. The van der Waals surface area contributed by atoms with E-state index in [1.165, 1.54) is 12.8 Å². The molecule has 200 valence electrons. The highest BCUT2D eigenvalue weighted by Crippen LogP contribution is 2.58. The molecule has 3 aliphatic rings. The lowest BCUT2D eigenvalue weighted by atomic mass is 9.79. The van der Waals surface area contributed by atoms with Gasteiger partial charge in [0, 0.05) is 48.2 Å². The van der Waals surface area contributed by atoms with E-state index in [4.69, 9.17) is 0 Å². The fourth-order valence-corrected chi connectivity index (χ4v) is 6.86. The Morgan fingerprint density at radius 2 is 2.05 bits per heavy atom. The third kappa shape index (κ3) is 5.40. The lowest BCUT2D eigenvalue weighted by Gasteiger charge is -2.41. The van der Waals surface area contributed by atoms with Crippen LogP contribution in [0.3, 0.4) is 0 Å². The van der Waals surface area contributed by atoms with Gasteiger partial charge in [0.2, 0.25) is 5.95 Å². The molecule has 4 bridgehead atoms. The van der Waals surface area contributed by atoms with E-state index >= 15 is 0 Å². The number of aliphatic hydroxyl groups excluding tert-OH is 1. The van der Waals surface area contributed by atoms with Crippen molar-refractivity contribution in [3.8, 4) is 0 Å². The van der Waals surface area contributed by atoms with Crippen molar-refractivity contribution in [1.82, 2.24) is 9.97 Å². The van der Waals surface area contributed by atoms with Crippen molar-refractivity contribution in [3.63, 3.8) is 0 Å². The molecule has 2 aromatic rings. The standard InChI is InChI=1S/C27H38N6O3S/c1-19-16-24-30-25(35)22-8-7-21(32(2)37(3,36)15-14-34)17-23(22)33-13-11-27(9-10-27)20(18-33)6-4-5-12-28-26(29-19)31-24/h7-8,16-17,20,34H,3-6,9-15,18H2,1-2H3,(H2,28,29,30,31,35)/t20-,37?/m0/s1. The van der Waals surface area contributed by atoms with Crippen LogP contribution in [0.2, 0.25) is 0 Å². The second kappa shape index (κ2) is 10.1. The molecule has 1 saturated heterocycles. The molecule has 1 amide bonds. The van der Waals surface area contributed by atoms with Gasteiger partial charge in [-0.25, -0.2) is 9.19 Å². The minimum absolute atomic E-state index is 0.0822. The maximum absolute atomic E-state index is 13.6. The van der Waals surface area contributed by atoms with E-state index in [0.717, 1.165) is 56.7 Å². The fraction of sp³-hybridized carbons (Fsp3) is 0.556. The number of aliphatic hydroxyl groups is 1. The number of carbonyl (C=O) groups excluding carboxylic acids is 1. The van der Waals surface area contributed by atoms with E-state index in [1.807, 2.05) is 13.0 Å². The van der Waals surface area contributed by atoms with Gasteiger partial charge in [-0.2, -0.15) is 4.98 Å². The molecule has 3 N–H and O–H groups in total. The van der Waals surface area contributed by atoms with Gasteiger partial charge < -0.3 is 24.9 Å². The zero-order valence-electron chi connectivity index (χ0n) is 21.8. The Morgan fingerprint density at radius 1 is 1.24 bits per heavy atom. The van der Waals surface area contributed by atoms with Crippen LogP contribution in [0.25, 0.3) is 0 Å². The summed E-state index contributed by atoms with van der Waals surface area (Å²) in [5, 5.41) is 15.7. The van der Waals surface area contributed by atoms with Crippen molar-refractivity contribution in [3.05, 3.63) is 35.5 Å². The van der Waals surface area contributed by atoms with Gasteiger partial charge in [0.15, 0.2) is 0 Å². The van der Waals surface area contributed by atoms with Crippen molar-refractivity contribution in [2.75, 3.05) is 58.9 Å². The SMILES string of the molecule is C=S(=O)(CCO)N(C)c1ccc2c(c1)N1CCC3(CC3)[C@@H](CCCCNc3nc(C)cc(n3)NC2=O)C1. The number of nitrogens with one attached hydrogen (secondary N) is 2. The first kappa shape index (κ1) is 25.8. The first-order valence-corrected chi connectivity index (χ1v) is 15.1. The minimum atomic E-state index is -2.69. The number of piperidine rings is 1. The molecule has 1 spiro atoms. The van der Waals surface area contributed by atoms with Gasteiger partial charge in [0.1, 0.15) is 5.82 Å². The molecule has 1 aromatic heterocycles. The molecule has 9 nitrogen and oxygen atoms in total. The quantitative estimate of drug-likeness (QED) is 0.524. The number of aryl methyl sites for hydroxylation is 1. The molecule has 1 saturated carbocycles. The summed E-state index contributed by atoms with van der Waals surface area (Å²) in [5.41, 5.74) is 3.33. The number of carbonyl (C=O) groups is 1. The Bertz CT molecular complexity index is 1280. The number of aromatic nitrogens is 2. The van der Waals surface area contributed by atoms with Crippen LogP contribution < -0.4 is 19.8 Å². The van der Waals surface area contributed by atoms with Gasteiger partial charge >= 0.3 is 0 Å². The zero-order chi connectivity index (χ0) is 26.2. The van der Waals surface area contributed by atoms with Crippen LogP contribution in [-0.4, -0.2) is 70.1 Å². The lowest BCUT2D eigenvalue weighted by molar-refractivity contribution is 0.102. The van der Waals surface area contributed by atoms with E-state index in [-0.39, 0.29) is 18.3 Å². The average Bonchev–Trinajstić information content (AvgIpc) is 3.63. The summed E-state index contributed by atoms with van der Waals surface area (Å²) in [7, 11) is -0.954. The Hall–Kier alpha value is -2.85. The molecule has 2 aliphatic heterocycles. The third-order valence-corrected chi connectivity index (χ3v) is 10.3. The van der Waals surface area contributed by atoms with Gasteiger partial charge in [-0.05, 0) is 74.4 Å². The first-order valence-electron chi connectivity index (χ1n) is 13.2. The Kier molecular flexibility index (Phi) is 7.06. The number of rotatable bonds is 4. The molecule has 1 unspecified atom stereocenters. The molecular weight excluding hydrogens is 488 g/mol. The van der Waals surface area contributed by atoms with E-state index in [1.54, 1.807) is 29.6 Å². The van der Waals surface area contributed by atoms with Crippen LogP contribution >= 0.6 is 0 Å². The summed E-state index contributed by atoms with van der Waals surface area (Å²) >= 11 is 0. The Labute approximate surface area is 219 Å². The number of amides is 1. The highest BCUT2D eigenvalue weighted by atomic mass is 32.2. The molecule has 1 aromatic carbocycles. The summed E-state index contributed by atoms with van der Waals surface area (Å²) in [5.74, 6) is 5.27. The Morgan fingerprint density at radius 3 is 2.81 bits per heavy atom. The molecule has 10 heteroatoms. The van der Waals surface area contributed by atoms with Crippen LogP contribution in [0, 0.1) is 18.3 Å². The summed E-state index contributed by atoms with van der Waals surface area (Å²) in [6, 6.07) is 7.32. The van der Waals surface area contributed by atoms with Crippen LogP contribution in [0.5, 0.6) is 0 Å². The summed E-state index contributed by atoms with van der Waals surface area (Å²) in [4.78, 5) is 24.9. The second-order valence-electron chi connectivity index (χ2n) is 10.7. The maximum atomic E-state index is 13.6. The normalized spacial score (nSPS) is 22.5. The molecule has 1 aliphatic carbocycles. The van der Waals surface area contributed by atoms with Crippen LogP contribution in [0.1, 0.15) is 54.6 Å². The van der Waals surface area contributed by atoms with E-state index < -0.39 is 9.71 Å². The first-order chi connectivity index (χ1) is 17.7. The predicted molar refractivity (Wildman–Crippen MR) is 151 cm³/mol. The molecule has 0 radical (unpaired) electrons.